The summed E-state index contributed by atoms with van der Waals surface area (Å²) in [7, 11) is 0. The van der Waals surface area contributed by atoms with Crippen LogP contribution >= 0.6 is 15.9 Å². The summed E-state index contributed by atoms with van der Waals surface area (Å²) in [4.78, 5) is 24.7. The lowest BCUT2D eigenvalue weighted by Crippen LogP contribution is -2.29. The molecule has 1 amide bonds. The minimum Gasteiger partial charge on any atom is -0.481 e. The molecule has 1 atom stereocenters. The maximum absolute atomic E-state index is 12.3. The molecule has 0 radical (unpaired) electrons. The Labute approximate surface area is 119 Å². The molecule has 0 aliphatic carbocycles. The lowest BCUT2D eigenvalue weighted by atomic mass is 10.1. The lowest BCUT2D eigenvalue weighted by Gasteiger charge is -2.17. The number of aliphatic carboxylic acids is 1. The van der Waals surface area contributed by atoms with Gasteiger partial charge in [-0.05, 0) is 46.5 Å². The van der Waals surface area contributed by atoms with E-state index in [1.165, 1.54) is 0 Å². The van der Waals surface area contributed by atoms with Gasteiger partial charge >= 0.3 is 5.97 Å². The van der Waals surface area contributed by atoms with Crippen molar-refractivity contribution in [1.29, 1.82) is 0 Å². The Balaban J connectivity index is 2.09. The number of carboxylic acid groups (broad SMARTS) is 1. The van der Waals surface area contributed by atoms with E-state index < -0.39 is 5.97 Å². The monoisotopic (exact) mass is 326 g/mol. The molecule has 0 aromatic heterocycles. The number of carboxylic acids is 1. The van der Waals surface area contributed by atoms with Crippen LogP contribution in [0.2, 0.25) is 0 Å². The van der Waals surface area contributed by atoms with Crippen LogP contribution in [0.15, 0.2) is 22.7 Å². The first-order valence-corrected chi connectivity index (χ1v) is 6.82. The number of halogens is 1. The van der Waals surface area contributed by atoms with Gasteiger partial charge in [-0.1, -0.05) is 0 Å². The molecule has 3 N–H and O–H groups in total. The first-order chi connectivity index (χ1) is 8.97. The molecule has 6 heteroatoms. The topological polar surface area (TPSA) is 83.6 Å². The van der Waals surface area contributed by atoms with Crippen LogP contribution in [-0.2, 0) is 4.79 Å². The van der Waals surface area contributed by atoms with Crippen LogP contribution in [0.25, 0.3) is 0 Å². The van der Waals surface area contributed by atoms with Crippen LogP contribution in [0.3, 0.4) is 0 Å². The van der Waals surface area contributed by atoms with Crippen molar-refractivity contribution in [2.45, 2.75) is 12.8 Å². The average Bonchev–Trinajstić information content (AvgIpc) is 2.79. The third kappa shape index (κ3) is 3.26. The third-order valence-electron chi connectivity index (χ3n) is 3.26. The van der Waals surface area contributed by atoms with Gasteiger partial charge in [0.05, 0.1) is 5.56 Å². The van der Waals surface area contributed by atoms with Gasteiger partial charge in [-0.3, -0.25) is 9.59 Å². The highest BCUT2D eigenvalue weighted by Crippen LogP contribution is 2.25. The Kier molecular flexibility index (Phi) is 4.09. The van der Waals surface area contributed by atoms with Crippen LogP contribution in [-0.4, -0.2) is 35.0 Å². The fourth-order valence-corrected chi connectivity index (χ4v) is 2.72. The third-order valence-corrected chi connectivity index (χ3v) is 3.95. The Morgan fingerprint density at radius 1 is 1.47 bits per heavy atom. The van der Waals surface area contributed by atoms with E-state index in [0.717, 1.165) is 6.42 Å². The summed E-state index contributed by atoms with van der Waals surface area (Å²) in [5.41, 5.74) is 6.75. The van der Waals surface area contributed by atoms with Crippen molar-refractivity contribution in [1.82, 2.24) is 4.90 Å². The van der Waals surface area contributed by atoms with Gasteiger partial charge in [0.15, 0.2) is 0 Å². The zero-order chi connectivity index (χ0) is 14.0. The Morgan fingerprint density at radius 2 is 2.21 bits per heavy atom. The quantitative estimate of drug-likeness (QED) is 0.832. The van der Waals surface area contributed by atoms with E-state index in [9.17, 15) is 9.59 Å². The summed E-state index contributed by atoms with van der Waals surface area (Å²) in [5, 5.41) is 8.77. The second-order valence-electron chi connectivity index (χ2n) is 4.74. The van der Waals surface area contributed by atoms with Crippen LogP contribution in [0, 0.1) is 5.92 Å². The molecule has 1 aliphatic rings. The highest BCUT2D eigenvalue weighted by atomic mass is 79.9. The molecule has 1 unspecified atom stereocenters. The number of nitrogen functional groups attached to an aromatic ring is 1. The molecule has 1 heterocycles. The Morgan fingerprint density at radius 3 is 2.89 bits per heavy atom. The van der Waals surface area contributed by atoms with Gasteiger partial charge in [-0.15, -0.1) is 0 Å². The molecule has 2 rings (SSSR count). The van der Waals surface area contributed by atoms with E-state index in [-0.39, 0.29) is 18.2 Å². The van der Waals surface area contributed by atoms with Crippen LogP contribution in [0.1, 0.15) is 23.2 Å². The zero-order valence-electron chi connectivity index (χ0n) is 10.3. The van der Waals surface area contributed by atoms with Crippen molar-refractivity contribution in [2.75, 3.05) is 18.8 Å². The van der Waals surface area contributed by atoms with Gasteiger partial charge in [-0.25, -0.2) is 0 Å². The highest BCUT2D eigenvalue weighted by molar-refractivity contribution is 9.10. The summed E-state index contributed by atoms with van der Waals surface area (Å²) in [6.45, 7) is 1.09. The number of hydrogen-bond donors (Lipinski definition) is 2. The van der Waals surface area contributed by atoms with E-state index in [1.54, 1.807) is 23.1 Å². The number of hydrogen-bond acceptors (Lipinski definition) is 3. The lowest BCUT2D eigenvalue weighted by molar-refractivity contribution is -0.138. The molecule has 0 spiro atoms. The highest BCUT2D eigenvalue weighted by Gasteiger charge is 2.29. The molecular weight excluding hydrogens is 312 g/mol. The Hall–Kier alpha value is -1.56. The van der Waals surface area contributed by atoms with E-state index in [0.29, 0.717) is 28.8 Å². The number of carbonyl (C=O) groups excluding carboxylic acids is 1. The largest absolute Gasteiger partial charge is 0.481 e. The summed E-state index contributed by atoms with van der Waals surface area (Å²) < 4.78 is 0.702. The average molecular weight is 327 g/mol. The summed E-state index contributed by atoms with van der Waals surface area (Å²) >= 11 is 3.34. The number of likely N-dealkylation sites (tertiary alicyclic amines) is 1. The van der Waals surface area contributed by atoms with Crippen molar-refractivity contribution < 1.29 is 14.7 Å². The fraction of sp³-hybridized carbons (Fsp3) is 0.385. The number of rotatable bonds is 3. The summed E-state index contributed by atoms with van der Waals surface area (Å²) in [6.07, 6.45) is 0.847. The van der Waals surface area contributed by atoms with Crippen LogP contribution in [0.4, 0.5) is 5.69 Å². The van der Waals surface area contributed by atoms with Gasteiger partial charge in [0.25, 0.3) is 5.91 Å². The standard InChI is InChI=1S/C13H15BrN2O3/c14-11-2-1-9(15)6-10(11)13(19)16-4-3-8(7-16)5-12(17)18/h1-2,6,8H,3-5,7,15H2,(H,17,18). The summed E-state index contributed by atoms with van der Waals surface area (Å²) in [5.74, 6) is -0.877. The molecule has 1 aromatic carbocycles. The number of benzene rings is 1. The van der Waals surface area contributed by atoms with Gasteiger partial charge in [0, 0.05) is 29.7 Å². The molecule has 1 saturated heterocycles. The van der Waals surface area contributed by atoms with Crippen LogP contribution < -0.4 is 5.73 Å². The number of carbonyl (C=O) groups is 2. The first-order valence-electron chi connectivity index (χ1n) is 6.03. The molecule has 1 fully saturated rings. The minimum absolute atomic E-state index is 0.0429. The van der Waals surface area contributed by atoms with E-state index in [4.69, 9.17) is 10.8 Å². The van der Waals surface area contributed by atoms with E-state index >= 15 is 0 Å². The van der Waals surface area contributed by atoms with Crippen molar-refractivity contribution in [3.05, 3.63) is 28.2 Å². The fourth-order valence-electron chi connectivity index (χ4n) is 2.31. The molecule has 19 heavy (non-hydrogen) atoms. The SMILES string of the molecule is Nc1ccc(Br)c(C(=O)N2CCC(CC(=O)O)C2)c1. The zero-order valence-corrected chi connectivity index (χ0v) is 11.9. The predicted octanol–water partition coefficient (Wildman–Crippen LogP) is 1.97. The van der Waals surface area contributed by atoms with E-state index in [1.807, 2.05) is 0 Å². The van der Waals surface area contributed by atoms with Crippen LogP contribution in [0.5, 0.6) is 0 Å². The summed E-state index contributed by atoms with van der Waals surface area (Å²) in [6, 6.07) is 5.10. The Bertz CT molecular complexity index is 519. The molecule has 1 aliphatic heterocycles. The van der Waals surface area contributed by atoms with Crippen molar-refractivity contribution in [2.24, 2.45) is 5.92 Å². The molecule has 0 bridgehead atoms. The van der Waals surface area contributed by atoms with Gasteiger partial charge in [-0.2, -0.15) is 0 Å². The second-order valence-corrected chi connectivity index (χ2v) is 5.60. The molecule has 102 valence electrons. The van der Waals surface area contributed by atoms with Crippen molar-refractivity contribution in [3.63, 3.8) is 0 Å². The van der Waals surface area contributed by atoms with Crippen molar-refractivity contribution >= 4 is 33.5 Å². The predicted molar refractivity (Wildman–Crippen MR) is 74.8 cm³/mol. The van der Waals surface area contributed by atoms with Crippen molar-refractivity contribution in [3.8, 4) is 0 Å². The number of anilines is 1. The normalized spacial score (nSPS) is 18.6. The molecular formula is C13H15BrN2O3. The number of nitrogens with two attached hydrogens (primary N) is 1. The van der Waals surface area contributed by atoms with Gasteiger partial charge in [0.2, 0.25) is 0 Å². The maximum atomic E-state index is 12.3. The first kappa shape index (κ1) is 13.9. The van der Waals surface area contributed by atoms with Gasteiger partial charge in [0.1, 0.15) is 0 Å². The minimum atomic E-state index is -0.815. The molecule has 5 nitrogen and oxygen atoms in total. The smallest absolute Gasteiger partial charge is 0.303 e. The number of nitrogens with zero attached hydrogens (tertiary/aromatic N) is 1. The van der Waals surface area contributed by atoms with Gasteiger partial charge < -0.3 is 15.7 Å². The maximum Gasteiger partial charge on any atom is 0.303 e. The number of amides is 1. The second kappa shape index (κ2) is 5.61. The molecule has 1 aromatic rings. The molecule has 0 saturated carbocycles. The van der Waals surface area contributed by atoms with E-state index in [2.05, 4.69) is 15.9 Å².